The van der Waals surface area contributed by atoms with Gasteiger partial charge < -0.3 is 25.6 Å². The number of rotatable bonds is 11. The number of nitrogens with zero attached hydrogens (tertiary/aromatic N) is 6. The van der Waals surface area contributed by atoms with Crippen molar-refractivity contribution in [3.8, 4) is 0 Å². The minimum Gasteiger partial charge on any atom is -0.380 e. The average molecular weight is 442 g/mol. The minimum absolute atomic E-state index is 0.248. The molecule has 0 unspecified atom stereocenters. The van der Waals surface area contributed by atoms with Crippen LogP contribution in [0.4, 0.5) is 17.6 Å². The molecule has 3 heterocycles. The summed E-state index contributed by atoms with van der Waals surface area (Å²) in [7, 11) is 5.53. The third-order valence-electron chi connectivity index (χ3n) is 4.66. The van der Waals surface area contributed by atoms with Gasteiger partial charge in [-0.2, -0.15) is 10.1 Å². The maximum atomic E-state index is 12.9. The molecule has 0 aromatic carbocycles. The van der Waals surface area contributed by atoms with Crippen LogP contribution in [0, 0.1) is 6.92 Å². The van der Waals surface area contributed by atoms with E-state index in [0.717, 1.165) is 5.56 Å². The fourth-order valence-electron chi connectivity index (χ4n) is 3.08. The number of carbonyl (C=O) groups excluding carboxylic acids is 1. The van der Waals surface area contributed by atoms with Gasteiger partial charge in [0.15, 0.2) is 11.5 Å². The largest absolute Gasteiger partial charge is 0.380 e. The Morgan fingerprint density at radius 3 is 2.75 bits per heavy atom. The van der Waals surface area contributed by atoms with Crippen LogP contribution in [0.15, 0.2) is 18.3 Å². The molecule has 11 heteroatoms. The number of aromatic nitrogens is 5. The van der Waals surface area contributed by atoms with E-state index in [-0.39, 0.29) is 11.6 Å². The maximum Gasteiger partial charge on any atom is 0.274 e. The number of hydrogen-bond acceptors (Lipinski definition) is 9. The number of amides is 1. The first-order chi connectivity index (χ1) is 15.4. The molecule has 3 rings (SSSR count). The molecule has 172 valence electrons. The molecule has 0 saturated carbocycles. The lowest BCUT2D eigenvalue weighted by Gasteiger charge is -2.14. The van der Waals surface area contributed by atoms with Crippen molar-refractivity contribution < 1.29 is 9.53 Å². The molecule has 0 bridgehead atoms. The van der Waals surface area contributed by atoms with E-state index in [2.05, 4.69) is 36.0 Å². The predicted molar refractivity (Wildman–Crippen MR) is 125 cm³/mol. The minimum atomic E-state index is -0.288. The average Bonchev–Trinajstić information content (AvgIpc) is 3.13. The number of likely N-dealkylation sites (N-methyl/N-ethyl adjacent to an activating group) is 1. The summed E-state index contributed by atoms with van der Waals surface area (Å²) in [5, 5.41) is 13.8. The molecular weight excluding hydrogens is 410 g/mol. The van der Waals surface area contributed by atoms with Crippen LogP contribution in [-0.2, 0) is 11.3 Å². The molecular formula is C21H31N9O2. The summed E-state index contributed by atoms with van der Waals surface area (Å²) in [5.74, 6) is 1.34. The van der Waals surface area contributed by atoms with Crippen LogP contribution in [0.2, 0.25) is 0 Å². The van der Waals surface area contributed by atoms with Gasteiger partial charge in [0.25, 0.3) is 5.91 Å². The molecule has 1 amide bonds. The third-order valence-corrected chi connectivity index (χ3v) is 4.66. The van der Waals surface area contributed by atoms with Crippen LogP contribution >= 0.6 is 0 Å². The fraction of sp³-hybridized carbons (Fsp3) is 0.476. The molecule has 3 aromatic rings. The summed E-state index contributed by atoms with van der Waals surface area (Å²) in [4.78, 5) is 28.4. The summed E-state index contributed by atoms with van der Waals surface area (Å²) < 4.78 is 7.24. The van der Waals surface area contributed by atoms with Crippen molar-refractivity contribution in [3.05, 3.63) is 29.6 Å². The molecule has 0 aliphatic carbocycles. The molecule has 0 fully saturated rings. The third kappa shape index (κ3) is 5.48. The zero-order valence-electron chi connectivity index (χ0n) is 19.3. The lowest BCUT2D eigenvalue weighted by molar-refractivity contribution is 0.0948. The monoisotopic (exact) mass is 441 g/mol. The lowest BCUT2D eigenvalue weighted by Crippen LogP contribution is -2.31. The Balaban J connectivity index is 2.13. The predicted octanol–water partition coefficient (Wildman–Crippen LogP) is 1.33. The van der Waals surface area contributed by atoms with Crippen molar-refractivity contribution >= 4 is 34.5 Å². The molecule has 3 N–H and O–H groups in total. The standard InChI is InChI=1S/C21H31N9O2/c1-6-32-12-11-30-18-16(17(28-30)20(31)24-10-9-22-3)26-21(29(4)5)27-19(18)25-15-13-14(2)7-8-23-15/h7-8,13,22H,6,9-12H2,1-5H3,(H,24,31)(H,23,25,26,27). The van der Waals surface area contributed by atoms with Gasteiger partial charge in [0.1, 0.15) is 16.9 Å². The number of nitrogens with one attached hydrogen (secondary N) is 3. The SMILES string of the molecule is CCOCCn1nc(C(=O)NCCNC)c2nc(N(C)C)nc(Nc3cc(C)ccn3)c21. The number of fused-ring (bicyclic) bond motifs is 1. The summed E-state index contributed by atoms with van der Waals surface area (Å²) in [6, 6.07) is 3.85. The van der Waals surface area contributed by atoms with Gasteiger partial charge in [0.2, 0.25) is 5.95 Å². The maximum absolute atomic E-state index is 12.9. The van der Waals surface area contributed by atoms with E-state index in [0.29, 0.717) is 61.5 Å². The molecule has 32 heavy (non-hydrogen) atoms. The second kappa shape index (κ2) is 10.8. The lowest BCUT2D eigenvalue weighted by atomic mass is 10.3. The van der Waals surface area contributed by atoms with Gasteiger partial charge in [0.05, 0.1) is 13.2 Å². The van der Waals surface area contributed by atoms with Gasteiger partial charge in [0, 0.05) is 40.0 Å². The van der Waals surface area contributed by atoms with E-state index in [9.17, 15) is 4.79 Å². The Morgan fingerprint density at radius 1 is 1.25 bits per heavy atom. The fourth-order valence-corrected chi connectivity index (χ4v) is 3.08. The van der Waals surface area contributed by atoms with Gasteiger partial charge in [-0.15, -0.1) is 0 Å². The summed E-state index contributed by atoms with van der Waals surface area (Å²) >= 11 is 0. The van der Waals surface area contributed by atoms with Crippen LogP contribution in [0.1, 0.15) is 23.0 Å². The van der Waals surface area contributed by atoms with Crippen molar-refractivity contribution in [2.24, 2.45) is 0 Å². The first-order valence-electron chi connectivity index (χ1n) is 10.6. The second-order valence-corrected chi connectivity index (χ2v) is 7.44. The van der Waals surface area contributed by atoms with E-state index in [1.807, 2.05) is 47.1 Å². The smallest absolute Gasteiger partial charge is 0.274 e. The molecule has 0 radical (unpaired) electrons. The van der Waals surface area contributed by atoms with Crippen LogP contribution in [0.25, 0.3) is 11.0 Å². The molecule has 0 saturated heterocycles. The highest BCUT2D eigenvalue weighted by Crippen LogP contribution is 2.28. The summed E-state index contributed by atoms with van der Waals surface area (Å²) in [6.07, 6.45) is 1.73. The van der Waals surface area contributed by atoms with Crippen molar-refractivity contribution in [3.63, 3.8) is 0 Å². The molecule has 0 atom stereocenters. The Labute approximate surface area is 187 Å². The topological polar surface area (TPSA) is 122 Å². The van der Waals surface area contributed by atoms with Gasteiger partial charge in [-0.1, -0.05) is 0 Å². The highest BCUT2D eigenvalue weighted by molar-refractivity contribution is 6.06. The van der Waals surface area contributed by atoms with Crippen LogP contribution in [-0.4, -0.2) is 78.1 Å². The Kier molecular flexibility index (Phi) is 7.90. The van der Waals surface area contributed by atoms with Crippen LogP contribution < -0.4 is 20.9 Å². The van der Waals surface area contributed by atoms with Gasteiger partial charge in [-0.3, -0.25) is 9.48 Å². The molecule has 0 aliphatic heterocycles. The van der Waals surface area contributed by atoms with Crippen molar-refractivity contribution in [2.45, 2.75) is 20.4 Å². The molecule has 0 aliphatic rings. The number of hydrogen-bond donors (Lipinski definition) is 3. The van der Waals surface area contributed by atoms with Crippen LogP contribution in [0.3, 0.4) is 0 Å². The van der Waals surface area contributed by atoms with Crippen LogP contribution in [0.5, 0.6) is 0 Å². The van der Waals surface area contributed by atoms with Gasteiger partial charge in [-0.05, 0) is 38.6 Å². The highest BCUT2D eigenvalue weighted by Gasteiger charge is 2.24. The summed E-state index contributed by atoms with van der Waals surface area (Å²) in [6.45, 7) is 6.56. The van der Waals surface area contributed by atoms with Crippen molar-refractivity contribution in [1.29, 1.82) is 0 Å². The first-order valence-corrected chi connectivity index (χ1v) is 10.6. The highest BCUT2D eigenvalue weighted by atomic mass is 16.5. The summed E-state index contributed by atoms with van der Waals surface area (Å²) in [5.41, 5.74) is 2.41. The number of anilines is 3. The number of ether oxygens (including phenoxy) is 1. The molecule has 11 nitrogen and oxygen atoms in total. The Hall–Kier alpha value is -3.31. The Bertz CT molecular complexity index is 1060. The van der Waals surface area contributed by atoms with E-state index < -0.39 is 0 Å². The number of pyridine rings is 1. The van der Waals surface area contributed by atoms with Gasteiger partial charge in [-0.25, -0.2) is 9.97 Å². The first kappa shape index (κ1) is 23.4. The van der Waals surface area contributed by atoms with E-state index in [1.54, 1.807) is 15.8 Å². The van der Waals surface area contributed by atoms with E-state index in [4.69, 9.17) is 4.74 Å². The number of aryl methyl sites for hydroxylation is 1. The van der Waals surface area contributed by atoms with Crippen molar-refractivity contribution in [1.82, 2.24) is 35.4 Å². The van der Waals surface area contributed by atoms with Gasteiger partial charge >= 0.3 is 0 Å². The molecule has 0 spiro atoms. The number of carbonyl (C=O) groups is 1. The molecule has 3 aromatic heterocycles. The second-order valence-electron chi connectivity index (χ2n) is 7.44. The van der Waals surface area contributed by atoms with E-state index in [1.165, 1.54) is 0 Å². The van der Waals surface area contributed by atoms with Crippen molar-refractivity contribution in [2.75, 3.05) is 57.7 Å². The zero-order chi connectivity index (χ0) is 23.1. The zero-order valence-corrected chi connectivity index (χ0v) is 19.3. The Morgan fingerprint density at radius 2 is 2.06 bits per heavy atom. The normalized spacial score (nSPS) is 11.0. The van der Waals surface area contributed by atoms with E-state index >= 15 is 0 Å². The quantitative estimate of drug-likeness (QED) is 0.378.